The van der Waals surface area contributed by atoms with Gasteiger partial charge < -0.3 is 9.15 Å². The van der Waals surface area contributed by atoms with Crippen molar-refractivity contribution in [2.75, 3.05) is 0 Å². The zero-order chi connectivity index (χ0) is 21.8. The van der Waals surface area contributed by atoms with Crippen LogP contribution < -0.4 is 4.74 Å². The van der Waals surface area contributed by atoms with Crippen LogP contribution in [-0.2, 0) is 12.0 Å². The van der Waals surface area contributed by atoms with Crippen LogP contribution in [0.5, 0.6) is 5.75 Å². The van der Waals surface area contributed by atoms with Crippen molar-refractivity contribution in [1.82, 2.24) is 19.6 Å². The van der Waals surface area contributed by atoms with Crippen molar-refractivity contribution >= 4 is 27.2 Å². The average molecular weight is 433 g/mol. The van der Waals surface area contributed by atoms with Crippen LogP contribution in [0, 0.1) is 13.8 Å². The molecular weight excluding hydrogens is 408 g/mol. The number of benzene rings is 1. The second kappa shape index (κ2) is 7.20. The number of nitrogens with zero attached hydrogens (tertiary/aromatic N) is 4. The highest BCUT2D eigenvalue weighted by molar-refractivity contribution is 7.18. The number of furan rings is 1. The number of aryl methyl sites for hydroxylation is 2. The smallest absolute Gasteiger partial charge is 0.217 e. The van der Waals surface area contributed by atoms with Crippen LogP contribution in [0.4, 0.5) is 0 Å². The molecule has 0 saturated carbocycles. The molecule has 0 aliphatic carbocycles. The van der Waals surface area contributed by atoms with Crippen LogP contribution in [0.15, 0.2) is 47.1 Å². The standard InChI is InChI=1S/C24H24N4O2S/c1-14-15(2)31-23-20(14)22-26-21(27-28(22)13-25-23)19-11-10-18(30-19)12-29-17-8-6-16(7-9-17)24(3,4)5/h6-11,13H,12H2,1-5H3. The van der Waals surface area contributed by atoms with Crippen molar-refractivity contribution in [1.29, 1.82) is 0 Å². The van der Waals surface area contributed by atoms with E-state index in [0.717, 1.165) is 27.4 Å². The van der Waals surface area contributed by atoms with Gasteiger partial charge >= 0.3 is 0 Å². The molecule has 7 heteroatoms. The second-order valence-corrected chi connectivity index (χ2v) is 9.94. The normalized spacial score (nSPS) is 12.2. The van der Waals surface area contributed by atoms with E-state index in [4.69, 9.17) is 14.1 Å². The Kier molecular flexibility index (Phi) is 4.59. The van der Waals surface area contributed by atoms with Crippen molar-refractivity contribution in [3.05, 3.63) is 64.5 Å². The van der Waals surface area contributed by atoms with E-state index in [9.17, 15) is 0 Å². The molecular formula is C24H24N4O2S. The molecule has 0 unspecified atom stereocenters. The summed E-state index contributed by atoms with van der Waals surface area (Å²) < 4.78 is 13.6. The van der Waals surface area contributed by atoms with E-state index in [1.165, 1.54) is 16.0 Å². The van der Waals surface area contributed by atoms with Gasteiger partial charge in [-0.2, -0.15) is 0 Å². The van der Waals surface area contributed by atoms with Crippen LogP contribution in [0.25, 0.3) is 27.4 Å². The molecule has 0 radical (unpaired) electrons. The number of ether oxygens (including phenoxy) is 1. The van der Waals surface area contributed by atoms with Crippen molar-refractivity contribution < 1.29 is 9.15 Å². The lowest BCUT2D eigenvalue weighted by Gasteiger charge is -2.19. The fourth-order valence-corrected chi connectivity index (χ4v) is 4.52. The molecule has 0 amide bonds. The lowest BCUT2D eigenvalue weighted by molar-refractivity contribution is 0.271. The SMILES string of the molecule is Cc1sc2ncn3nc(-c4ccc(COc5ccc(C(C)(C)C)cc5)o4)nc3c2c1C. The summed E-state index contributed by atoms with van der Waals surface area (Å²) in [4.78, 5) is 11.5. The maximum atomic E-state index is 5.97. The Morgan fingerprint density at radius 2 is 1.84 bits per heavy atom. The van der Waals surface area contributed by atoms with E-state index in [1.54, 1.807) is 22.2 Å². The molecule has 0 N–H and O–H groups in total. The molecule has 0 spiro atoms. The summed E-state index contributed by atoms with van der Waals surface area (Å²) in [5, 5.41) is 5.61. The van der Waals surface area contributed by atoms with E-state index >= 15 is 0 Å². The molecule has 31 heavy (non-hydrogen) atoms. The van der Waals surface area contributed by atoms with Gasteiger partial charge in [0.1, 0.15) is 29.3 Å². The van der Waals surface area contributed by atoms with Crippen molar-refractivity contribution in [3.63, 3.8) is 0 Å². The molecule has 158 valence electrons. The van der Waals surface area contributed by atoms with Gasteiger partial charge in [0.15, 0.2) is 11.4 Å². The monoisotopic (exact) mass is 432 g/mol. The van der Waals surface area contributed by atoms with Crippen LogP contribution in [0.3, 0.4) is 0 Å². The van der Waals surface area contributed by atoms with Gasteiger partial charge in [0.05, 0.1) is 5.39 Å². The predicted octanol–water partition coefficient (Wildman–Crippen LogP) is 6.09. The summed E-state index contributed by atoms with van der Waals surface area (Å²) in [5.41, 5.74) is 3.40. The first-order valence-electron chi connectivity index (χ1n) is 10.2. The van der Waals surface area contributed by atoms with Crippen LogP contribution >= 0.6 is 11.3 Å². The molecule has 0 atom stereocenters. The average Bonchev–Trinajstić information content (AvgIpc) is 3.43. The van der Waals surface area contributed by atoms with Gasteiger partial charge in [0.2, 0.25) is 5.82 Å². The van der Waals surface area contributed by atoms with Crippen LogP contribution in [-0.4, -0.2) is 19.6 Å². The second-order valence-electron chi connectivity index (χ2n) is 8.74. The fourth-order valence-electron chi connectivity index (χ4n) is 3.53. The summed E-state index contributed by atoms with van der Waals surface area (Å²) in [6, 6.07) is 12.0. The van der Waals surface area contributed by atoms with Crippen LogP contribution in [0.2, 0.25) is 0 Å². The van der Waals surface area contributed by atoms with Gasteiger partial charge in [0.25, 0.3) is 0 Å². The zero-order valence-electron chi connectivity index (χ0n) is 18.3. The Hall–Kier alpha value is -3.19. The van der Waals surface area contributed by atoms with Crippen LogP contribution in [0.1, 0.15) is 42.5 Å². The molecule has 0 fully saturated rings. The highest BCUT2D eigenvalue weighted by Gasteiger charge is 2.17. The third-order valence-electron chi connectivity index (χ3n) is 5.49. The van der Waals surface area contributed by atoms with Gasteiger partial charge in [-0.25, -0.2) is 14.5 Å². The summed E-state index contributed by atoms with van der Waals surface area (Å²) in [6.07, 6.45) is 1.71. The van der Waals surface area contributed by atoms with Gasteiger partial charge in [-0.1, -0.05) is 32.9 Å². The first kappa shape index (κ1) is 19.8. The predicted molar refractivity (Wildman–Crippen MR) is 123 cm³/mol. The molecule has 0 aliphatic rings. The summed E-state index contributed by atoms with van der Waals surface area (Å²) >= 11 is 1.68. The fraction of sp³-hybridized carbons (Fsp3) is 0.292. The number of fused-ring (bicyclic) bond motifs is 3. The Morgan fingerprint density at radius 1 is 1.06 bits per heavy atom. The molecule has 5 rings (SSSR count). The third-order valence-corrected chi connectivity index (χ3v) is 6.60. The Bertz CT molecular complexity index is 1390. The van der Waals surface area contributed by atoms with Crippen molar-refractivity contribution in [2.45, 2.75) is 46.6 Å². The zero-order valence-corrected chi connectivity index (χ0v) is 19.1. The van der Waals surface area contributed by atoms with Gasteiger partial charge in [-0.3, -0.25) is 0 Å². The lowest BCUT2D eigenvalue weighted by Crippen LogP contribution is -2.10. The first-order chi connectivity index (χ1) is 14.8. The Balaban J connectivity index is 1.37. The molecule has 0 saturated heterocycles. The number of thiophene rings is 1. The maximum absolute atomic E-state index is 5.97. The van der Waals surface area contributed by atoms with E-state index < -0.39 is 0 Å². The number of hydrogen-bond acceptors (Lipinski definition) is 6. The topological polar surface area (TPSA) is 65.5 Å². The molecule has 0 aliphatic heterocycles. The van der Waals surface area contributed by atoms with Gasteiger partial charge in [-0.15, -0.1) is 16.4 Å². The number of hydrogen-bond donors (Lipinski definition) is 0. The minimum Gasteiger partial charge on any atom is -0.486 e. The minimum absolute atomic E-state index is 0.122. The van der Waals surface area contributed by atoms with E-state index in [1.807, 2.05) is 24.3 Å². The van der Waals surface area contributed by atoms with Gasteiger partial charge in [0, 0.05) is 4.88 Å². The molecule has 1 aromatic carbocycles. The van der Waals surface area contributed by atoms with Gasteiger partial charge in [-0.05, 0) is 54.7 Å². The molecule has 0 bridgehead atoms. The minimum atomic E-state index is 0.122. The van der Waals surface area contributed by atoms with Crippen molar-refractivity contribution in [2.24, 2.45) is 0 Å². The maximum Gasteiger partial charge on any atom is 0.217 e. The molecule has 6 nitrogen and oxygen atoms in total. The summed E-state index contributed by atoms with van der Waals surface area (Å²) in [7, 11) is 0. The van der Waals surface area contributed by atoms with E-state index in [-0.39, 0.29) is 5.41 Å². The third kappa shape index (κ3) is 3.59. The highest BCUT2D eigenvalue weighted by Crippen LogP contribution is 2.32. The largest absolute Gasteiger partial charge is 0.486 e. The Morgan fingerprint density at radius 3 is 2.58 bits per heavy atom. The lowest BCUT2D eigenvalue weighted by atomic mass is 9.87. The molecule has 4 heterocycles. The summed E-state index contributed by atoms with van der Waals surface area (Å²) in [6.45, 7) is 11.1. The van der Waals surface area contributed by atoms with E-state index in [0.29, 0.717) is 18.2 Å². The van der Waals surface area contributed by atoms with Crippen molar-refractivity contribution in [3.8, 4) is 17.3 Å². The Labute approximate surface area is 184 Å². The summed E-state index contributed by atoms with van der Waals surface area (Å²) in [5.74, 6) is 2.69. The first-order valence-corrected chi connectivity index (χ1v) is 11.0. The number of rotatable bonds is 4. The molecule has 5 aromatic rings. The van der Waals surface area contributed by atoms with E-state index in [2.05, 4.69) is 56.8 Å². The molecule has 4 aromatic heterocycles. The highest BCUT2D eigenvalue weighted by atomic mass is 32.1. The number of aromatic nitrogens is 4. The quantitative estimate of drug-likeness (QED) is 0.344.